The van der Waals surface area contributed by atoms with E-state index in [0.29, 0.717) is 6.61 Å². The summed E-state index contributed by atoms with van der Waals surface area (Å²) >= 11 is 5.57. The Morgan fingerprint density at radius 1 is 1.40 bits per heavy atom. The molecule has 5 nitrogen and oxygen atoms in total. The van der Waals surface area contributed by atoms with E-state index in [1.165, 1.54) is 0 Å². The van der Waals surface area contributed by atoms with Crippen LogP contribution in [-0.2, 0) is 14.8 Å². The highest BCUT2D eigenvalue weighted by molar-refractivity contribution is 7.89. The van der Waals surface area contributed by atoms with Crippen LogP contribution in [-0.4, -0.2) is 28.2 Å². The van der Waals surface area contributed by atoms with Gasteiger partial charge in [0.1, 0.15) is 4.90 Å². The van der Waals surface area contributed by atoms with Gasteiger partial charge in [0.2, 0.25) is 10.0 Å². The minimum absolute atomic E-state index is 0.0535. The van der Waals surface area contributed by atoms with E-state index in [1.807, 2.05) is 6.92 Å². The van der Waals surface area contributed by atoms with Crippen LogP contribution in [0.1, 0.15) is 19.8 Å². The van der Waals surface area contributed by atoms with Crippen LogP contribution in [0.25, 0.3) is 0 Å². The van der Waals surface area contributed by atoms with Crippen molar-refractivity contribution in [1.29, 1.82) is 0 Å². The van der Waals surface area contributed by atoms with E-state index in [4.69, 9.17) is 22.1 Å². The molecule has 0 spiro atoms. The molecule has 0 aliphatic rings. The zero-order valence-corrected chi connectivity index (χ0v) is 12.7. The molecule has 0 fully saturated rings. The minimum Gasteiger partial charge on any atom is -0.399 e. The highest BCUT2D eigenvalue weighted by Crippen LogP contribution is 2.25. The van der Waals surface area contributed by atoms with E-state index >= 15 is 0 Å². The normalized spacial score (nSPS) is 11.8. The minimum atomic E-state index is -4.00. The summed E-state index contributed by atoms with van der Waals surface area (Å²) in [6.07, 6.45) is 1.91. The van der Waals surface area contributed by atoms with Gasteiger partial charge in [-0.2, -0.15) is 0 Å². The number of benzene rings is 1. The third-order valence-electron chi connectivity index (χ3n) is 2.49. The van der Waals surface area contributed by atoms with Crippen LogP contribution < -0.4 is 10.5 Å². The van der Waals surface area contributed by atoms with Crippen molar-refractivity contribution < 1.29 is 17.5 Å². The lowest BCUT2D eigenvalue weighted by atomic mass is 10.3. The smallest absolute Gasteiger partial charge is 0.243 e. The third-order valence-corrected chi connectivity index (χ3v) is 4.22. The second-order valence-electron chi connectivity index (χ2n) is 4.18. The van der Waals surface area contributed by atoms with Gasteiger partial charge >= 0.3 is 0 Å². The van der Waals surface area contributed by atoms with Gasteiger partial charge in [-0.1, -0.05) is 24.9 Å². The fourth-order valence-corrected chi connectivity index (χ4v) is 2.88. The number of halogens is 2. The predicted molar refractivity (Wildman–Crippen MR) is 76.7 cm³/mol. The van der Waals surface area contributed by atoms with Crippen LogP contribution in [0.15, 0.2) is 17.0 Å². The van der Waals surface area contributed by atoms with Crippen molar-refractivity contribution in [1.82, 2.24) is 4.72 Å². The summed E-state index contributed by atoms with van der Waals surface area (Å²) in [4.78, 5) is -0.559. The average Bonchev–Trinajstić information content (AvgIpc) is 2.37. The molecule has 0 amide bonds. The number of hydrogen-bond acceptors (Lipinski definition) is 4. The number of nitrogens with one attached hydrogen (secondary N) is 1. The van der Waals surface area contributed by atoms with E-state index in [-0.39, 0.29) is 23.9 Å². The van der Waals surface area contributed by atoms with E-state index in [1.54, 1.807) is 0 Å². The number of unbranched alkanes of at least 4 members (excludes halogenated alkanes) is 1. The number of nitrogen functional groups attached to an aromatic ring is 1. The summed E-state index contributed by atoms with van der Waals surface area (Å²) in [7, 11) is -4.00. The molecule has 0 radical (unpaired) electrons. The van der Waals surface area contributed by atoms with Gasteiger partial charge in [0, 0.05) is 18.8 Å². The maximum atomic E-state index is 13.7. The molecule has 0 atom stereocenters. The zero-order valence-electron chi connectivity index (χ0n) is 11.2. The lowest BCUT2D eigenvalue weighted by molar-refractivity contribution is 0.136. The average molecular weight is 325 g/mol. The first-order chi connectivity index (χ1) is 9.38. The van der Waals surface area contributed by atoms with E-state index in [2.05, 4.69) is 4.72 Å². The summed E-state index contributed by atoms with van der Waals surface area (Å²) < 4.78 is 45.0. The van der Waals surface area contributed by atoms with E-state index < -0.39 is 20.7 Å². The Balaban J connectivity index is 2.65. The monoisotopic (exact) mass is 324 g/mol. The Kier molecular flexibility index (Phi) is 6.67. The lowest BCUT2D eigenvalue weighted by Crippen LogP contribution is -2.28. The van der Waals surface area contributed by atoms with Crippen molar-refractivity contribution >= 4 is 27.3 Å². The molecule has 0 aromatic heterocycles. The van der Waals surface area contributed by atoms with Gasteiger partial charge < -0.3 is 10.5 Å². The van der Waals surface area contributed by atoms with Gasteiger partial charge in [-0.25, -0.2) is 17.5 Å². The van der Waals surface area contributed by atoms with E-state index in [9.17, 15) is 12.8 Å². The highest BCUT2D eigenvalue weighted by Gasteiger charge is 2.21. The van der Waals surface area contributed by atoms with Crippen LogP contribution >= 0.6 is 11.6 Å². The molecule has 1 aromatic carbocycles. The van der Waals surface area contributed by atoms with Crippen molar-refractivity contribution in [2.24, 2.45) is 0 Å². The van der Waals surface area contributed by atoms with Crippen LogP contribution in [0.3, 0.4) is 0 Å². The third kappa shape index (κ3) is 4.90. The summed E-state index contributed by atoms with van der Waals surface area (Å²) in [6.45, 7) is 2.86. The van der Waals surface area contributed by atoms with Crippen molar-refractivity contribution in [2.45, 2.75) is 24.7 Å². The zero-order chi connectivity index (χ0) is 15.2. The number of rotatable bonds is 8. The molecule has 0 bridgehead atoms. The fourth-order valence-electron chi connectivity index (χ4n) is 1.45. The molecular formula is C12H18ClFN2O3S. The highest BCUT2D eigenvalue weighted by atomic mass is 35.5. The SMILES string of the molecule is CCCCOCCNS(=O)(=O)c1cc(N)cc(Cl)c1F. The summed E-state index contributed by atoms with van der Waals surface area (Å²) in [5.74, 6) is -1.01. The quantitative estimate of drug-likeness (QED) is 0.567. The van der Waals surface area contributed by atoms with Crippen molar-refractivity contribution in [3.63, 3.8) is 0 Å². The van der Waals surface area contributed by atoms with Crippen molar-refractivity contribution in [2.75, 3.05) is 25.5 Å². The van der Waals surface area contributed by atoms with E-state index in [0.717, 1.165) is 25.0 Å². The number of ether oxygens (including phenoxy) is 1. The van der Waals surface area contributed by atoms with Crippen molar-refractivity contribution in [3.8, 4) is 0 Å². The first-order valence-electron chi connectivity index (χ1n) is 6.20. The molecule has 1 aromatic rings. The number of anilines is 1. The maximum Gasteiger partial charge on any atom is 0.243 e. The topological polar surface area (TPSA) is 81.4 Å². The molecule has 114 valence electrons. The number of hydrogen-bond donors (Lipinski definition) is 2. The summed E-state index contributed by atoms with van der Waals surface area (Å²) in [6, 6.07) is 2.19. The Labute approximate surface area is 123 Å². The molecule has 0 saturated heterocycles. The van der Waals surface area contributed by atoms with Gasteiger partial charge in [0.15, 0.2) is 5.82 Å². The molecule has 3 N–H and O–H groups in total. The van der Waals surface area contributed by atoms with Crippen LogP contribution in [0.4, 0.5) is 10.1 Å². The fraction of sp³-hybridized carbons (Fsp3) is 0.500. The molecular weight excluding hydrogens is 307 g/mol. The first-order valence-corrected chi connectivity index (χ1v) is 8.06. The molecule has 0 aliphatic carbocycles. The second-order valence-corrected chi connectivity index (χ2v) is 6.32. The number of sulfonamides is 1. The molecule has 0 saturated carbocycles. The van der Waals surface area contributed by atoms with Gasteiger partial charge in [-0.3, -0.25) is 0 Å². The maximum absolute atomic E-state index is 13.7. The molecule has 20 heavy (non-hydrogen) atoms. The predicted octanol–water partition coefficient (Wildman–Crippen LogP) is 2.16. The lowest BCUT2D eigenvalue weighted by Gasteiger charge is -2.09. The summed E-state index contributed by atoms with van der Waals surface area (Å²) in [5, 5.41) is -0.329. The van der Waals surface area contributed by atoms with Gasteiger partial charge in [-0.15, -0.1) is 0 Å². The first kappa shape index (κ1) is 17.2. The summed E-state index contributed by atoms with van der Waals surface area (Å²) in [5.41, 5.74) is 5.55. The largest absolute Gasteiger partial charge is 0.399 e. The molecule has 1 rings (SSSR count). The van der Waals surface area contributed by atoms with Crippen LogP contribution in [0.5, 0.6) is 0 Å². The Morgan fingerprint density at radius 3 is 2.75 bits per heavy atom. The number of nitrogens with two attached hydrogens (primary N) is 1. The van der Waals surface area contributed by atoms with Gasteiger partial charge in [-0.05, 0) is 18.6 Å². The Morgan fingerprint density at radius 2 is 2.10 bits per heavy atom. The Bertz CT molecular complexity index is 552. The van der Waals surface area contributed by atoms with Gasteiger partial charge in [0.25, 0.3) is 0 Å². The molecule has 0 aliphatic heterocycles. The molecule has 0 heterocycles. The second kappa shape index (κ2) is 7.78. The Hall–Kier alpha value is -0.890. The van der Waals surface area contributed by atoms with Crippen LogP contribution in [0.2, 0.25) is 5.02 Å². The molecule has 8 heteroatoms. The van der Waals surface area contributed by atoms with Gasteiger partial charge in [0.05, 0.1) is 11.6 Å². The standard InChI is InChI=1S/C12H18ClFN2O3S/c1-2-3-5-19-6-4-16-20(17,18)11-8-9(15)7-10(13)12(11)14/h7-8,16H,2-6,15H2,1H3. The van der Waals surface area contributed by atoms with Crippen LogP contribution in [0, 0.1) is 5.82 Å². The van der Waals surface area contributed by atoms with Crippen molar-refractivity contribution in [3.05, 3.63) is 23.0 Å². The molecule has 0 unspecified atom stereocenters.